The molecule has 1 rings (SSSR count). The second-order valence-corrected chi connectivity index (χ2v) is 6.50. The van der Waals surface area contributed by atoms with Crippen LogP contribution in [0.1, 0.15) is 26.7 Å². The molecule has 0 radical (unpaired) electrons. The molecule has 0 aromatic rings. The third-order valence-electron chi connectivity index (χ3n) is 3.33. The summed E-state index contributed by atoms with van der Waals surface area (Å²) in [5.74, 6) is -1.84. The Morgan fingerprint density at radius 3 is 2.60 bits per heavy atom. The van der Waals surface area contributed by atoms with E-state index in [0.29, 0.717) is 12.8 Å². The predicted molar refractivity (Wildman–Crippen MR) is 70.1 cm³/mol. The summed E-state index contributed by atoms with van der Waals surface area (Å²) in [6, 6.07) is -2.08. The van der Waals surface area contributed by atoms with Crippen molar-refractivity contribution in [2.45, 2.75) is 38.8 Å². The van der Waals surface area contributed by atoms with E-state index in [4.69, 9.17) is 9.84 Å². The van der Waals surface area contributed by atoms with Crippen molar-refractivity contribution in [1.29, 1.82) is 0 Å². The second-order valence-electron chi connectivity index (χ2n) is 4.56. The molecule has 1 N–H and O–H groups in total. The Bertz CT molecular complexity index is 477. The number of carbonyl (C=O) groups excluding carboxylic acids is 1. The maximum Gasteiger partial charge on any atom is 0.324 e. The van der Waals surface area contributed by atoms with E-state index >= 15 is 0 Å². The van der Waals surface area contributed by atoms with Crippen LogP contribution in [0.5, 0.6) is 0 Å². The molecule has 0 aliphatic carbocycles. The van der Waals surface area contributed by atoms with E-state index in [1.165, 1.54) is 14.0 Å². The average molecular weight is 308 g/mol. The van der Waals surface area contributed by atoms with Crippen molar-refractivity contribution in [3.05, 3.63) is 0 Å². The lowest BCUT2D eigenvalue weighted by Gasteiger charge is -2.29. The number of hydrogen-bond acceptors (Lipinski definition) is 5. The molecule has 0 saturated carbocycles. The summed E-state index contributed by atoms with van der Waals surface area (Å²) >= 11 is 0. The van der Waals surface area contributed by atoms with Gasteiger partial charge >= 0.3 is 11.9 Å². The summed E-state index contributed by atoms with van der Waals surface area (Å²) in [5.41, 5.74) is 0. The van der Waals surface area contributed by atoms with E-state index < -0.39 is 34.2 Å². The number of carbonyl (C=O) groups is 2. The number of esters is 1. The summed E-state index contributed by atoms with van der Waals surface area (Å²) in [6.07, 6.45) is 0.922. The van der Waals surface area contributed by atoms with Gasteiger partial charge in [-0.3, -0.25) is 9.59 Å². The average Bonchev–Trinajstić information content (AvgIpc) is 2.86. The Morgan fingerprint density at radius 1 is 1.50 bits per heavy atom. The fraction of sp³-hybridized carbons (Fsp3) is 0.818. The topological polar surface area (TPSA) is 104 Å². The normalized spacial score (nSPS) is 21.9. The van der Waals surface area contributed by atoms with Crippen LogP contribution in [0, 0.1) is 0 Å². The zero-order valence-corrected chi connectivity index (χ0v) is 12.6. The predicted octanol–water partition coefficient (Wildman–Crippen LogP) is -0.336. The number of hydrogen-bond donors (Lipinski definition) is 1. The number of likely N-dealkylation sites (N-methyl/N-ethyl adjacent to an activating group) is 1. The largest absolute Gasteiger partial charge is 0.480 e. The lowest BCUT2D eigenvalue weighted by molar-refractivity contribution is -0.146. The van der Waals surface area contributed by atoms with Gasteiger partial charge in [-0.1, -0.05) is 0 Å². The molecule has 1 fully saturated rings. The molecule has 1 aliphatic heterocycles. The molecule has 116 valence electrons. The highest BCUT2D eigenvalue weighted by Gasteiger charge is 2.43. The van der Waals surface area contributed by atoms with Gasteiger partial charge in [-0.15, -0.1) is 0 Å². The number of carboxylic acid groups (broad SMARTS) is 1. The Balaban J connectivity index is 2.96. The molecule has 0 aromatic carbocycles. The van der Waals surface area contributed by atoms with E-state index in [9.17, 15) is 18.0 Å². The molecule has 0 spiro atoms. The highest BCUT2D eigenvalue weighted by atomic mass is 32.2. The van der Waals surface area contributed by atoms with Gasteiger partial charge in [-0.2, -0.15) is 17.0 Å². The minimum atomic E-state index is -4.01. The monoisotopic (exact) mass is 308 g/mol. The van der Waals surface area contributed by atoms with Crippen LogP contribution in [-0.2, 0) is 24.5 Å². The van der Waals surface area contributed by atoms with Crippen LogP contribution >= 0.6 is 0 Å². The first kappa shape index (κ1) is 16.9. The molecule has 0 amide bonds. The Labute approximate surface area is 118 Å². The van der Waals surface area contributed by atoms with Gasteiger partial charge < -0.3 is 9.84 Å². The van der Waals surface area contributed by atoms with Crippen LogP contribution in [0.25, 0.3) is 0 Å². The van der Waals surface area contributed by atoms with Gasteiger partial charge in [0.15, 0.2) is 0 Å². The highest BCUT2D eigenvalue weighted by molar-refractivity contribution is 7.86. The molecule has 1 saturated heterocycles. The molecule has 9 heteroatoms. The van der Waals surface area contributed by atoms with Crippen molar-refractivity contribution in [3.8, 4) is 0 Å². The second kappa shape index (κ2) is 6.51. The number of aliphatic carboxylic acids is 1. The van der Waals surface area contributed by atoms with Gasteiger partial charge in [-0.05, 0) is 26.7 Å². The van der Waals surface area contributed by atoms with Crippen molar-refractivity contribution < 1.29 is 27.9 Å². The van der Waals surface area contributed by atoms with Crippen LogP contribution in [0.15, 0.2) is 0 Å². The SMILES string of the molecule is CCOC(=O)C1CCCN1S(=O)(=O)N(C)C(C)C(=O)O. The Morgan fingerprint density at radius 2 is 2.10 bits per heavy atom. The van der Waals surface area contributed by atoms with Gasteiger partial charge in [0.1, 0.15) is 12.1 Å². The van der Waals surface area contributed by atoms with Crippen LogP contribution in [-0.4, -0.2) is 66.4 Å². The highest BCUT2D eigenvalue weighted by Crippen LogP contribution is 2.24. The number of rotatable bonds is 6. The molecule has 20 heavy (non-hydrogen) atoms. The van der Waals surface area contributed by atoms with Crippen molar-refractivity contribution in [3.63, 3.8) is 0 Å². The lowest BCUT2D eigenvalue weighted by atomic mass is 10.2. The number of ether oxygens (including phenoxy) is 1. The quantitative estimate of drug-likeness (QED) is 0.673. The first-order chi connectivity index (χ1) is 9.23. The molecule has 2 atom stereocenters. The summed E-state index contributed by atoms with van der Waals surface area (Å²) in [4.78, 5) is 22.7. The van der Waals surface area contributed by atoms with Crippen LogP contribution in [0.4, 0.5) is 0 Å². The first-order valence-corrected chi connectivity index (χ1v) is 7.77. The molecule has 0 bridgehead atoms. The fourth-order valence-electron chi connectivity index (χ4n) is 2.01. The molecule has 1 heterocycles. The van der Waals surface area contributed by atoms with E-state index in [1.54, 1.807) is 6.92 Å². The van der Waals surface area contributed by atoms with Crippen LogP contribution < -0.4 is 0 Å². The van der Waals surface area contributed by atoms with E-state index in [1.807, 2.05) is 0 Å². The van der Waals surface area contributed by atoms with Crippen molar-refractivity contribution in [2.75, 3.05) is 20.2 Å². The van der Waals surface area contributed by atoms with Gasteiger partial charge in [0.2, 0.25) is 0 Å². The van der Waals surface area contributed by atoms with Crippen molar-refractivity contribution in [1.82, 2.24) is 8.61 Å². The third kappa shape index (κ3) is 3.28. The Kier molecular flexibility index (Phi) is 5.49. The molecule has 2 unspecified atom stereocenters. The van der Waals surface area contributed by atoms with E-state index in [0.717, 1.165) is 8.61 Å². The van der Waals surface area contributed by atoms with Gasteiger partial charge in [0.05, 0.1) is 6.61 Å². The Hall–Kier alpha value is -1.19. The third-order valence-corrected chi connectivity index (χ3v) is 5.40. The summed E-state index contributed by atoms with van der Waals surface area (Å²) in [6.45, 7) is 3.27. The van der Waals surface area contributed by atoms with Crippen LogP contribution in [0.2, 0.25) is 0 Å². The van der Waals surface area contributed by atoms with Crippen molar-refractivity contribution in [2.24, 2.45) is 0 Å². The standard InChI is InChI=1S/C11H20N2O6S/c1-4-19-11(16)9-6-5-7-13(9)20(17,18)12(3)8(2)10(14)15/h8-9H,4-7H2,1-3H3,(H,14,15). The fourth-order valence-corrected chi connectivity index (χ4v) is 3.70. The molecule has 0 aromatic heterocycles. The number of nitrogens with zero attached hydrogens (tertiary/aromatic N) is 2. The number of carboxylic acids is 1. The van der Waals surface area contributed by atoms with Crippen LogP contribution in [0.3, 0.4) is 0 Å². The van der Waals surface area contributed by atoms with Gasteiger partial charge in [0, 0.05) is 13.6 Å². The first-order valence-electron chi connectivity index (χ1n) is 6.37. The van der Waals surface area contributed by atoms with E-state index in [2.05, 4.69) is 0 Å². The van der Waals surface area contributed by atoms with Gasteiger partial charge in [0.25, 0.3) is 10.2 Å². The molecular formula is C11H20N2O6S. The molecular weight excluding hydrogens is 288 g/mol. The maximum atomic E-state index is 12.4. The zero-order chi connectivity index (χ0) is 15.5. The summed E-state index contributed by atoms with van der Waals surface area (Å²) in [5, 5.41) is 8.90. The summed E-state index contributed by atoms with van der Waals surface area (Å²) in [7, 11) is -2.82. The lowest BCUT2D eigenvalue weighted by Crippen LogP contribution is -2.51. The van der Waals surface area contributed by atoms with E-state index in [-0.39, 0.29) is 13.2 Å². The van der Waals surface area contributed by atoms with Gasteiger partial charge in [-0.25, -0.2) is 0 Å². The zero-order valence-electron chi connectivity index (χ0n) is 11.8. The minimum Gasteiger partial charge on any atom is -0.480 e. The summed E-state index contributed by atoms with van der Waals surface area (Å²) < 4.78 is 31.4. The maximum absolute atomic E-state index is 12.4. The minimum absolute atomic E-state index is 0.171. The van der Waals surface area contributed by atoms with Crippen molar-refractivity contribution >= 4 is 22.1 Å². The smallest absolute Gasteiger partial charge is 0.324 e. The molecule has 8 nitrogen and oxygen atoms in total. The molecule has 1 aliphatic rings.